The smallest absolute Gasteiger partial charge is 0.332 e. The maximum atomic E-state index is 11.5. The van der Waals surface area contributed by atoms with E-state index in [1.807, 2.05) is 31.2 Å². The zero-order valence-corrected chi connectivity index (χ0v) is 17.4. The highest BCUT2D eigenvalue weighted by molar-refractivity contribution is 6.30. The van der Waals surface area contributed by atoms with Crippen LogP contribution in [-0.2, 0) is 14.3 Å². The summed E-state index contributed by atoms with van der Waals surface area (Å²) in [7, 11) is 0. The minimum Gasteiger partial charge on any atom is -0.464 e. The van der Waals surface area contributed by atoms with Crippen LogP contribution in [0.1, 0.15) is 57.1 Å². The Balaban J connectivity index is 1.43. The van der Waals surface area contributed by atoms with Crippen LogP contribution in [0.25, 0.3) is 0 Å². The van der Waals surface area contributed by atoms with Crippen LogP contribution < -0.4 is 5.32 Å². The van der Waals surface area contributed by atoms with Gasteiger partial charge in [0.1, 0.15) is 6.61 Å². The van der Waals surface area contributed by atoms with E-state index in [9.17, 15) is 9.90 Å². The van der Waals surface area contributed by atoms with Crippen LogP contribution in [-0.4, -0.2) is 43.0 Å². The number of hydrogen-bond acceptors (Lipinski definition) is 5. The molecule has 2 aliphatic rings. The van der Waals surface area contributed by atoms with Gasteiger partial charge in [0, 0.05) is 17.6 Å². The molecule has 0 bridgehead atoms. The summed E-state index contributed by atoms with van der Waals surface area (Å²) < 4.78 is 10.8. The van der Waals surface area contributed by atoms with Gasteiger partial charge in [-0.2, -0.15) is 0 Å². The summed E-state index contributed by atoms with van der Waals surface area (Å²) in [6.07, 6.45) is 6.30. The average Bonchev–Trinajstić information content (AvgIpc) is 2.70. The normalized spacial score (nSPS) is 28.4. The van der Waals surface area contributed by atoms with Crippen LogP contribution in [0, 0.1) is 11.8 Å². The van der Waals surface area contributed by atoms with Gasteiger partial charge in [-0.15, -0.1) is 0 Å². The number of ether oxygens (including phenoxy) is 2. The van der Waals surface area contributed by atoms with Gasteiger partial charge in [0.2, 0.25) is 0 Å². The number of hydrogen-bond donors (Lipinski definition) is 2. The lowest BCUT2D eigenvalue weighted by Gasteiger charge is -2.42. The van der Waals surface area contributed by atoms with Gasteiger partial charge in [0.05, 0.1) is 18.8 Å². The lowest BCUT2D eigenvalue weighted by molar-refractivity contribution is -0.152. The minimum absolute atomic E-state index is 0.0589. The lowest BCUT2D eigenvalue weighted by Crippen LogP contribution is -2.42. The van der Waals surface area contributed by atoms with Gasteiger partial charge < -0.3 is 19.9 Å². The molecule has 0 saturated heterocycles. The lowest BCUT2D eigenvalue weighted by atomic mass is 9.68. The fourth-order valence-corrected chi connectivity index (χ4v) is 4.88. The van der Waals surface area contributed by atoms with Crippen LogP contribution in [0.2, 0.25) is 5.02 Å². The maximum absolute atomic E-state index is 11.5. The molecule has 6 heteroatoms. The second-order valence-corrected chi connectivity index (χ2v) is 8.50. The standard InChI is InChI=1S/C22H32ClNO4/c1-2-27-22(26)14-28-20-9-7-15-6-8-19(11-17(15)12-20)24-13-21(25)16-4-3-5-18(23)10-16/h3-5,10,15,17,19-21,24-25H,2,6-9,11-14H2,1H3. The molecule has 0 aliphatic heterocycles. The highest BCUT2D eigenvalue weighted by Gasteiger charge is 2.36. The third kappa shape index (κ3) is 6.18. The van der Waals surface area contributed by atoms with E-state index in [1.165, 1.54) is 12.8 Å². The Bertz CT molecular complexity index is 641. The van der Waals surface area contributed by atoms with Crippen molar-refractivity contribution in [2.75, 3.05) is 19.8 Å². The van der Waals surface area contributed by atoms with E-state index in [0.29, 0.717) is 30.1 Å². The largest absolute Gasteiger partial charge is 0.464 e. The van der Waals surface area contributed by atoms with E-state index in [2.05, 4.69) is 5.32 Å². The first-order valence-electron chi connectivity index (χ1n) is 10.5. The van der Waals surface area contributed by atoms with Gasteiger partial charge in [-0.05, 0) is 75.0 Å². The average molecular weight is 410 g/mol. The second-order valence-electron chi connectivity index (χ2n) is 8.06. The van der Waals surface area contributed by atoms with Crippen LogP contribution >= 0.6 is 11.6 Å². The number of benzene rings is 1. The monoisotopic (exact) mass is 409 g/mol. The molecule has 0 amide bonds. The molecule has 156 valence electrons. The fourth-order valence-electron chi connectivity index (χ4n) is 4.69. The van der Waals surface area contributed by atoms with Crippen LogP contribution in [0.4, 0.5) is 0 Å². The third-order valence-corrected chi connectivity index (χ3v) is 6.38. The van der Waals surface area contributed by atoms with Crippen molar-refractivity contribution in [1.29, 1.82) is 0 Å². The van der Waals surface area contributed by atoms with Crippen molar-refractivity contribution in [3.63, 3.8) is 0 Å². The molecular weight excluding hydrogens is 378 g/mol. The van der Waals surface area contributed by atoms with E-state index in [-0.39, 0.29) is 18.7 Å². The summed E-state index contributed by atoms with van der Waals surface area (Å²) in [5, 5.41) is 14.6. The second kappa shape index (κ2) is 10.6. The number of rotatable bonds is 8. The molecule has 1 aromatic rings. The number of aliphatic hydroxyl groups excluding tert-OH is 1. The van der Waals surface area contributed by atoms with Crippen molar-refractivity contribution in [3.05, 3.63) is 34.9 Å². The van der Waals surface area contributed by atoms with Gasteiger partial charge in [-0.1, -0.05) is 23.7 Å². The zero-order chi connectivity index (χ0) is 19.9. The summed E-state index contributed by atoms with van der Waals surface area (Å²) in [5.41, 5.74) is 0.846. The number of nitrogens with one attached hydrogen (secondary N) is 1. The van der Waals surface area contributed by atoms with Crippen LogP contribution in [0.5, 0.6) is 0 Å². The van der Waals surface area contributed by atoms with E-state index >= 15 is 0 Å². The van der Waals surface area contributed by atoms with Crippen molar-refractivity contribution < 1.29 is 19.4 Å². The highest BCUT2D eigenvalue weighted by Crippen LogP contribution is 2.41. The number of halogens is 1. The van der Waals surface area contributed by atoms with E-state index in [1.54, 1.807) is 0 Å². The van der Waals surface area contributed by atoms with Gasteiger partial charge in [-0.25, -0.2) is 4.79 Å². The molecule has 3 rings (SSSR count). The van der Waals surface area contributed by atoms with E-state index in [4.69, 9.17) is 21.1 Å². The molecule has 2 saturated carbocycles. The number of aliphatic hydroxyl groups is 1. The van der Waals surface area contributed by atoms with Crippen molar-refractivity contribution >= 4 is 17.6 Å². The van der Waals surface area contributed by atoms with Gasteiger partial charge >= 0.3 is 5.97 Å². The summed E-state index contributed by atoms with van der Waals surface area (Å²) in [4.78, 5) is 11.5. The Morgan fingerprint density at radius 1 is 1.25 bits per heavy atom. The number of carbonyl (C=O) groups is 1. The van der Waals surface area contributed by atoms with E-state index in [0.717, 1.165) is 37.2 Å². The molecule has 5 nitrogen and oxygen atoms in total. The summed E-state index contributed by atoms with van der Waals surface area (Å²) in [5.74, 6) is 1.11. The molecule has 2 aliphatic carbocycles. The van der Waals surface area contributed by atoms with Crippen LogP contribution in [0.3, 0.4) is 0 Å². The molecule has 5 atom stereocenters. The molecule has 0 radical (unpaired) electrons. The molecule has 2 fully saturated rings. The highest BCUT2D eigenvalue weighted by atomic mass is 35.5. The molecule has 5 unspecified atom stereocenters. The topological polar surface area (TPSA) is 67.8 Å². The molecule has 0 aromatic heterocycles. The minimum atomic E-state index is -0.552. The quantitative estimate of drug-likeness (QED) is 0.638. The van der Waals surface area contributed by atoms with Gasteiger partial charge in [-0.3, -0.25) is 0 Å². The predicted molar refractivity (Wildman–Crippen MR) is 109 cm³/mol. The molecule has 0 spiro atoms. The Hall–Kier alpha value is -1.14. The Morgan fingerprint density at radius 2 is 2.07 bits per heavy atom. The van der Waals surface area contributed by atoms with Crippen molar-refractivity contribution in [1.82, 2.24) is 5.32 Å². The number of fused-ring (bicyclic) bond motifs is 1. The first-order chi connectivity index (χ1) is 13.5. The first-order valence-corrected chi connectivity index (χ1v) is 10.9. The Morgan fingerprint density at radius 3 is 2.86 bits per heavy atom. The molecule has 0 heterocycles. The predicted octanol–water partition coefficient (Wildman–Crippen LogP) is 3.88. The zero-order valence-electron chi connectivity index (χ0n) is 16.6. The van der Waals surface area contributed by atoms with Crippen molar-refractivity contribution in [3.8, 4) is 0 Å². The Labute approximate surface area is 172 Å². The molecular formula is C22H32ClNO4. The maximum Gasteiger partial charge on any atom is 0.332 e. The SMILES string of the molecule is CCOC(=O)COC1CCC2CCC(NCC(O)c3cccc(Cl)c3)CC2C1. The summed E-state index contributed by atoms with van der Waals surface area (Å²) in [6.45, 7) is 2.79. The fraction of sp³-hybridized carbons (Fsp3) is 0.682. The molecule has 1 aromatic carbocycles. The molecule has 2 N–H and O–H groups in total. The molecule has 28 heavy (non-hydrogen) atoms. The first kappa shape index (κ1) is 21.6. The number of carbonyl (C=O) groups excluding carboxylic acids is 1. The third-order valence-electron chi connectivity index (χ3n) is 6.14. The van der Waals surface area contributed by atoms with Crippen molar-refractivity contribution in [2.24, 2.45) is 11.8 Å². The number of esters is 1. The van der Waals surface area contributed by atoms with Gasteiger partial charge in [0.15, 0.2) is 0 Å². The van der Waals surface area contributed by atoms with Crippen molar-refractivity contribution in [2.45, 2.75) is 63.7 Å². The summed E-state index contributed by atoms with van der Waals surface area (Å²) >= 11 is 6.02. The van der Waals surface area contributed by atoms with Gasteiger partial charge in [0.25, 0.3) is 0 Å². The Kier molecular flexibility index (Phi) is 8.15. The van der Waals surface area contributed by atoms with E-state index < -0.39 is 6.10 Å². The van der Waals surface area contributed by atoms with Crippen LogP contribution in [0.15, 0.2) is 24.3 Å². The summed E-state index contributed by atoms with van der Waals surface area (Å²) in [6, 6.07) is 7.82.